The molecular weight excluding hydrogens is 196 g/mol. The maximum atomic E-state index is 11.3. The van der Waals surface area contributed by atoms with E-state index in [1.807, 2.05) is 0 Å². The van der Waals surface area contributed by atoms with Crippen molar-refractivity contribution >= 4 is 5.97 Å². The van der Waals surface area contributed by atoms with Gasteiger partial charge in [0.25, 0.3) is 0 Å². The third-order valence-electron chi connectivity index (χ3n) is 2.18. The molecule has 0 atom stereocenters. The number of hydrogen-bond donors (Lipinski definition) is 1. The largest absolute Gasteiger partial charge is 0.490 e. The minimum Gasteiger partial charge on any atom is -0.490 e. The molecule has 0 fully saturated rings. The number of nitrogens with one attached hydrogen (secondary N) is 1. The van der Waals surface area contributed by atoms with Crippen LogP contribution in [-0.2, 0) is 11.3 Å². The first-order valence-electron chi connectivity index (χ1n) is 4.72. The van der Waals surface area contributed by atoms with Gasteiger partial charge < -0.3 is 14.8 Å². The number of hydrogen-bond acceptors (Lipinski definition) is 5. The van der Waals surface area contributed by atoms with Gasteiger partial charge in [0.15, 0.2) is 0 Å². The molecule has 15 heavy (non-hydrogen) atoms. The first-order valence-corrected chi connectivity index (χ1v) is 4.72. The van der Waals surface area contributed by atoms with E-state index in [-0.39, 0.29) is 0 Å². The van der Waals surface area contributed by atoms with Crippen molar-refractivity contribution < 1.29 is 14.3 Å². The highest BCUT2D eigenvalue weighted by atomic mass is 16.5. The summed E-state index contributed by atoms with van der Waals surface area (Å²) < 4.78 is 10.1. The predicted octanol–water partition coefficient (Wildman–Crippen LogP) is 0.350. The summed E-state index contributed by atoms with van der Waals surface area (Å²) in [6, 6.07) is 1.67. The van der Waals surface area contributed by atoms with Crippen molar-refractivity contribution in [2.75, 3.05) is 20.3 Å². The first kappa shape index (κ1) is 9.92. The molecule has 1 aliphatic heterocycles. The molecule has 2 heterocycles. The van der Waals surface area contributed by atoms with Gasteiger partial charge >= 0.3 is 5.97 Å². The molecule has 5 nitrogen and oxygen atoms in total. The third-order valence-corrected chi connectivity index (χ3v) is 2.18. The van der Waals surface area contributed by atoms with Crippen LogP contribution in [0.3, 0.4) is 0 Å². The average molecular weight is 208 g/mol. The lowest BCUT2D eigenvalue weighted by Crippen LogP contribution is -2.16. The van der Waals surface area contributed by atoms with Crippen molar-refractivity contribution in [1.82, 2.24) is 10.3 Å². The van der Waals surface area contributed by atoms with Gasteiger partial charge in [-0.05, 0) is 6.07 Å². The number of aromatic nitrogens is 1. The van der Waals surface area contributed by atoms with Crippen molar-refractivity contribution in [3.63, 3.8) is 0 Å². The number of methoxy groups -OCH3 is 1. The Labute approximate surface area is 87.4 Å². The molecule has 0 saturated heterocycles. The summed E-state index contributed by atoms with van der Waals surface area (Å²) >= 11 is 0. The quantitative estimate of drug-likeness (QED) is 0.675. The summed E-state index contributed by atoms with van der Waals surface area (Å²) in [5.74, 6) is 0.258. The van der Waals surface area contributed by atoms with E-state index in [0.29, 0.717) is 24.5 Å². The minimum atomic E-state index is -0.397. The Morgan fingerprint density at radius 1 is 1.67 bits per heavy atom. The molecule has 0 unspecified atom stereocenters. The molecule has 1 aromatic rings. The maximum Gasteiger partial charge on any atom is 0.339 e. The number of fused-ring (bicyclic) bond motifs is 1. The summed E-state index contributed by atoms with van der Waals surface area (Å²) in [5, 5.41) is 3.16. The van der Waals surface area contributed by atoms with Crippen molar-refractivity contribution in [2.45, 2.75) is 6.54 Å². The van der Waals surface area contributed by atoms with E-state index in [2.05, 4.69) is 15.0 Å². The smallest absolute Gasteiger partial charge is 0.339 e. The zero-order valence-electron chi connectivity index (χ0n) is 8.45. The number of carbonyl (C=O) groups excluding carboxylic acids is 1. The van der Waals surface area contributed by atoms with Gasteiger partial charge in [-0.1, -0.05) is 0 Å². The summed E-state index contributed by atoms with van der Waals surface area (Å²) in [4.78, 5) is 15.4. The van der Waals surface area contributed by atoms with Crippen LogP contribution < -0.4 is 10.1 Å². The summed E-state index contributed by atoms with van der Waals surface area (Å²) in [7, 11) is 1.34. The highest BCUT2D eigenvalue weighted by molar-refractivity contribution is 5.89. The summed E-state index contributed by atoms with van der Waals surface area (Å²) in [6.45, 7) is 2.03. The van der Waals surface area contributed by atoms with Gasteiger partial charge in [0.05, 0.1) is 18.4 Å². The molecule has 0 amide bonds. The van der Waals surface area contributed by atoms with Crippen LogP contribution in [0.1, 0.15) is 16.1 Å². The van der Waals surface area contributed by atoms with Crippen LogP contribution >= 0.6 is 0 Å². The van der Waals surface area contributed by atoms with E-state index in [4.69, 9.17) is 4.74 Å². The van der Waals surface area contributed by atoms with Gasteiger partial charge in [-0.3, -0.25) is 4.98 Å². The SMILES string of the molecule is COC(=O)c1cnc2c(c1)OCCNC2. The van der Waals surface area contributed by atoms with Crippen LogP contribution in [0.5, 0.6) is 5.75 Å². The second-order valence-corrected chi connectivity index (χ2v) is 3.19. The number of nitrogens with zero attached hydrogens (tertiary/aromatic N) is 1. The van der Waals surface area contributed by atoms with E-state index in [1.54, 1.807) is 6.07 Å². The molecule has 1 N–H and O–H groups in total. The van der Waals surface area contributed by atoms with Crippen molar-refractivity contribution in [1.29, 1.82) is 0 Å². The Kier molecular flexibility index (Phi) is 2.82. The second-order valence-electron chi connectivity index (χ2n) is 3.19. The van der Waals surface area contributed by atoms with Crippen LogP contribution in [0.25, 0.3) is 0 Å². The van der Waals surface area contributed by atoms with Crippen molar-refractivity contribution in [2.24, 2.45) is 0 Å². The van der Waals surface area contributed by atoms with Crippen molar-refractivity contribution in [3.05, 3.63) is 23.5 Å². The standard InChI is InChI=1S/C10H12N2O3/c1-14-10(13)7-4-9-8(12-5-7)6-11-2-3-15-9/h4-5,11H,2-3,6H2,1H3. The average Bonchev–Trinajstić information content (AvgIpc) is 2.51. The third kappa shape index (κ3) is 2.07. The van der Waals surface area contributed by atoms with E-state index < -0.39 is 5.97 Å². The molecule has 1 aromatic heterocycles. The van der Waals surface area contributed by atoms with Gasteiger partial charge in [0.1, 0.15) is 12.4 Å². The maximum absolute atomic E-state index is 11.3. The molecule has 0 saturated carbocycles. The summed E-state index contributed by atoms with van der Waals surface area (Å²) in [6.07, 6.45) is 1.50. The zero-order valence-corrected chi connectivity index (χ0v) is 8.45. The lowest BCUT2D eigenvalue weighted by molar-refractivity contribution is 0.0599. The lowest BCUT2D eigenvalue weighted by atomic mass is 10.2. The van der Waals surface area contributed by atoms with Gasteiger partial charge in [-0.2, -0.15) is 0 Å². The molecule has 5 heteroatoms. The molecule has 0 aromatic carbocycles. The Hall–Kier alpha value is -1.62. The monoisotopic (exact) mass is 208 g/mol. The van der Waals surface area contributed by atoms with Crippen LogP contribution in [0.2, 0.25) is 0 Å². The Morgan fingerprint density at radius 2 is 2.53 bits per heavy atom. The van der Waals surface area contributed by atoms with E-state index in [0.717, 1.165) is 12.2 Å². The van der Waals surface area contributed by atoms with Crippen molar-refractivity contribution in [3.8, 4) is 5.75 Å². The predicted molar refractivity (Wildman–Crippen MR) is 52.8 cm³/mol. The zero-order chi connectivity index (χ0) is 10.7. The second kappa shape index (κ2) is 4.27. The fraction of sp³-hybridized carbons (Fsp3) is 0.400. The topological polar surface area (TPSA) is 60.5 Å². The fourth-order valence-corrected chi connectivity index (χ4v) is 1.40. The Balaban J connectivity index is 2.31. The number of carbonyl (C=O) groups is 1. The van der Waals surface area contributed by atoms with Crippen LogP contribution in [-0.4, -0.2) is 31.2 Å². The first-order chi connectivity index (χ1) is 7.31. The van der Waals surface area contributed by atoms with Crippen LogP contribution in [0.15, 0.2) is 12.3 Å². The Bertz CT molecular complexity index is 379. The molecule has 0 bridgehead atoms. The van der Waals surface area contributed by atoms with Gasteiger partial charge in [-0.15, -0.1) is 0 Å². The molecule has 0 radical (unpaired) electrons. The molecule has 2 rings (SSSR count). The normalized spacial score (nSPS) is 14.7. The van der Waals surface area contributed by atoms with Crippen LogP contribution in [0, 0.1) is 0 Å². The molecular formula is C10H12N2O3. The van der Waals surface area contributed by atoms with Crippen LogP contribution in [0.4, 0.5) is 0 Å². The van der Waals surface area contributed by atoms with Gasteiger partial charge in [0.2, 0.25) is 0 Å². The number of ether oxygens (including phenoxy) is 2. The summed E-state index contributed by atoms with van der Waals surface area (Å²) in [5.41, 5.74) is 1.23. The number of pyridine rings is 1. The Morgan fingerprint density at radius 3 is 3.33 bits per heavy atom. The minimum absolute atomic E-state index is 0.397. The van der Waals surface area contributed by atoms with E-state index in [1.165, 1.54) is 13.3 Å². The number of esters is 1. The van der Waals surface area contributed by atoms with Gasteiger partial charge in [-0.25, -0.2) is 4.79 Å². The highest BCUT2D eigenvalue weighted by Gasteiger charge is 2.13. The molecule has 1 aliphatic rings. The molecule has 0 aliphatic carbocycles. The fourth-order valence-electron chi connectivity index (χ4n) is 1.40. The number of rotatable bonds is 1. The highest BCUT2D eigenvalue weighted by Crippen LogP contribution is 2.19. The van der Waals surface area contributed by atoms with Gasteiger partial charge in [0, 0.05) is 19.3 Å². The van der Waals surface area contributed by atoms with E-state index in [9.17, 15) is 4.79 Å². The lowest BCUT2D eigenvalue weighted by Gasteiger charge is -2.06. The van der Waals surface area contributed by atoms with E-state index >= 15 is 0 Å². The molecule has 0 spiro atoms. The molecule has 80 valence electrons.